The number of amides is 1. The topological polar surface area (TPSA) is 66.4 Å². The smallest absolute Gasteiger partial charge is 0.326 e. The first-order valence-corrected chi connectivity index (χ1v) is 5.74. The van der Waals surface area contributed by atoms with Crippen LogP contribution < -0.4 is 5.32 Å². The molecular weight excluding hydrogens is 293 g/mol. The largest absolute Gasteiger partial charge is 0.480 e. The molecule has 0 aliphatic carbocycles. The summed E-state index contributed by atoms with van der Waals surface area (Å²) in [6, 6.07) is 3.03. The molecule has 1 aromatic carbocycles. The molecule has 1 unspecified atom stereocenters. The number of carboxylic acid groups (broad SMARTS) is 1. The predicted octanol–water partition coefficient (Wildman–Crippen LogP) is 2.18. The fourth-order valence-corrected chi connectivity index (χ4v) is 1.70. The molecule has 1 aromatic rings. The Labute approximate surface area is 106 Å². The van der Waals surface area contributed by atoms with Gasteiger partial charge in [-0.05, 0) is 34.5 Å². The molecule has 17 heavy (non-hydrogen) atoms. The van der Waals surface area contributed by atoms with Crippen molar-refractivity contribution in [3.8, 4) is 0 Å². The third kappa shape index (κ3) is 3.26. The molecule has 0 saturated carbocycles. The normalized spacial score (nSPS) is 11.9. The van der Waals surface area contributed by atoms with E-state index < -0.39 is 23.7 Å². The summed E-state index contributed by atoms with van der Waals surface area (Å²) in [5.41, 5.74) is 0.0738. The summed E-state index contributed by atoms with van der Waals surface area (Å²) >= 11 is 2.95. The number of halogens is 2. The van der Waals surface area contributed by atoms with Crippen molar-refractivity contribution in [3.05, 3.63) is 34.1 Å². The molecule has 0 aliphatic rings. The molecule has 0 fully saturated rings. The molecule has 0 aliphatic heterocycles. The monoisotopic (exact) mass is 303 g/mol. The Morgan fingerprint density at radius 3 is 2.71 bits per heavy atom. The first-order valence-electron chi connectivity index (χ1n) is 4.95. The van der Waals surface area contributed by atoms with Gasteiger partial charge in [-0.25, -0.2) is 9.18 Å². The van der Waals surface area contributed by atoms with Crippen molar-refractivity contribution in [2.75, 3.05) is 0 Å². The highest BCUT2D eigenvalue weighted by molar-refractivity contribution is 9.10. The van der Waals surface area contributed by atoms with E-state index in [1.165, 1.54) is 18.2 Å². The van der Waals surface area contributed by atoms with Crippen molar-refractivity contribution >= 4 is 27.8 Å². The fraction of sp³-hybridized carbons (Fsp3) is 0.273. The van der Waals surface area contributed by atoms with Gasteiger partial charge >= 0.3 is 5.97 Å². The second-order valence-electron chi connectivity index (χ2n) is 3.37. The fourth-order valence-electron chi connectivity index (χ4n) is 1.25. The van der Waals surface area contributed by atoms with Crippen LogP contribution in [0, 0.1) is 5.82 Å². The lowest BCUT2D eigenvalue weighted by atomic mass is 10.1. The van der Waals surface area contributed by atoms with Gasteiger partial charge in [0.05, 0.1) is 10.0 Å². The maximum absolute atomic E-state index is 13.2. The number of hydrogen-bond acceptors (Lipinski definition) is 2. The Kier molecular flexibility index (Phi) is 4.62. The van der Waals surface area contributed by atoms with Crippen LogP contribution in [0.2, 0.25) is 0 Å². The number of carbonyl (C=O) groups is 2. The van der Waals surface area contributed by atoms with Crippen LogP contribution in [-0.4, -0.2) is 23.0 Å². The van der Waals surface area contributed by atoms with Gasteiger partial charge in [-0.3, -0.25) is 4.79 Å². The van der Waals surface area contributed by atoms with E-state index in [0.29, 0.717) is 0 Å². The maximum atomic E-state index is 13.2. The van der Waals surface area contributed by atoms with Crippen molar-refractivity contribution < 1.29 is 19.1 Å². The Bertz CT molecular complexity index is 450. The SMILES string of the molecule is CCC(NC(=O)c1cccc(F)c1Br)C(=O)O. The Morgan fingerprint density at radius 2 is 2.18 bits per heavy atom. The van der Waals surface area contributed by atoms with Crippen molar-refractivity contribution in [2.24, 2.45) is 0 Å². The van der Waals surface area contributed by atoms with Crippen LogP contribution in [0.15, 0.2) is 22.7 Å². The molecule has 0 aromatic heterocycles. The van der Waals surface area contributed by atoms with E-state index in [1.54, 1.807) is 6.92 Å². The van der Waals surface area contributed by atoms with Gasteiger partial charge in [0.1, 0.15) is 11.9 Å². The molecule has 0 radical (unpaired) electrons. The number of aliphatic carboxylic acids is 1. The number of carboxylic acids is 1. The number of hydrogen-bond donors (Lipinski definition) is 2. The summed E-state index contributed by atoms with van der Waals surface area (Å²) in [5.74, 6) is -2.31. The number of rotatable bonds is 4. The average Bonchev–Trinajstić information content (AvgIpc) is 2.28. The summed E-state index contributed by atoms with van der Waals surface area (Å²) in [7, 11) is 0. The van der Waals surface area contributed by atoms with Crippen LogP contribution in [0.5, 0.6) is 0 Å². The highest BCUT2D eigenvalue weighted by atomic mass is 79.9. The highest BCUT2D eigenvalue weighted by Crippen LogP contribution is 2.20. The van der Waals surface area contributed by atoms with Crippen LogP contribution >= 0.6 is 15.9 Å². The van der Waals surface area contributed by atoms with E-state index >= 15 is 0 Å². The lowest BCUT2D eigenvalue weighted by molar-refractivity contribution is -0.139. The van der Waals surface area contributed by atoms with Crippen LogP contribution in [-0.2, 0) is 4.79 Å². The van der Waals surface area contributed by atoms with E-state index in [0.717, 1.165) is 0 Å². The molecule has 0 saturated heterocycles. The summed E-state index contributed by atoms with van der Waals surface area (Å²) in [5, 5.41) is 11.1. The van der Waals surface area contributed by atoms with Gasteiger partial charge < -0.3 is 10.4 Å². The second kappa shape index (κ2) is 5.77. The van der Waals surface area contributed by atoms with Crippen molar-refractivity contribution in [2.45, 2.75) is 19.4 Å². The van der Waals surface area contributed by atoms with Crippen LogP contribution in [0.25, 0.3) is 0 Å². The second-order valence-corrected chi connectivity index (χ2v) is 4.17. The summed E-state index contributed by atoms with van der Waals surface area (Å²) in [4.78, 5) is 22.5. The summed E-state index contributed by atoms with van der Waals surface area (Å²) in [6.45, 7) is 1.64. The van der Waals surface area contributed by atoms with Gasteiger partial charge in [-0.2, -0.15) is 0 Å². The van der Waals surface area contributed by atoms with Crippen molar-refractivity contribution in [1.82, 2.24) is 5.32 Å². The highest BCUT2D eigenvalue weighted by Gasteiger charge is 2.20. The molecule has 1 rings (SSSR count). The molecule has 1 amide bonds. The third-order valence-electron chi connectivity index (χ3n) is 2.21. The van der Waals surface area contributed by atoms with Gasteiger partial charge in [0, 0.05) is 0 Å². The van der Waals surface area contributed by atoms with Gasteiger partial charge in [-0.1, -0.05) is 13.0 Å². The zero-order chi connectivity index (χ0) is 13.0. The lowest BCUT2D eigenvalue weighted by Crippen LogP contribution is -2.40. The van der Waals surface area contributed by atoms with Gasteiger partial charge in [-0.15, -0.1) is 0 Å². The van der Waals surface area contributed by atoms with Gasteiger partial charge in [0.2, 0.25) is 0 Å². The van der Waals surface area contributed by atoms with Gasteiger partial charge in [0.15, 0.2) is 0 Å². The van der Waals surface area contributed by atoms with E-state index in [1.807, 2.05) is 0 Å². The van der Waals surface area contributed by atoms with E-state index in [9.17, 15) is 14.0 Å². The quantitative estimate of drug-likeness (QED) is 0.896. The number of nitrogens with one attached hydrogen (secondary N) is 1. The third-order valence-corrected chi connectivity index (χ3v) is 3.01. The zero-order valence-electron chi connectivity index (χ0n) is 9.04. The average molecular weight is 304 g/mol. The molecule has 4 nitrogen and oxygen atoms in total. The summed E-state index contributed by atoms with van der Waals surface area (Å²) < 4.78 is 13.2. The zero-order valence-corrected chi connectivity index (χ0v) is 10.6. The minimum atomic E-state index is -1.12. The summed E-state index contributed by atoms with van der Waals surface area (Å²) in [6.07, 6.45) is 0.258. The Hall–Kier alpha value is -1.43. The van der Waals surface area contributed by atoms with Crippen molar-refractivity contribution in [3.63, 3.8) is 0 Å². The van der Waals surface area contributed by atoms with E-state index in [2.05, 4.69) is 21.2 Å². The molecule has 6 heteroatoms. The van der Waals surface area contributed by atoms with Gasteiger partial charge in [0.25, 0.3) is 5.91 Å². The molecular formula is C11H11BrFNO3. The van der Waals surface area contributed by atoms with Crippen molar-refractivity contribution in [1.29, 1.82) is 0 Å². The van der Waals surface area contributed by atoms with E-state index in [4.69, 9.17) is 5.11 Å². The minimum Gasteiger partial charge on any atom is -0.480 e. The molecule has 0 bridgehead atoms. The molecule has 1 atom stereocenters. The molecule has 0 spiro atoms. The standard InChI is InChI=1S/C11H11BrFNO3/c1-2-8(11(16)17)14-10(15)6-4-3-5-7(13)9(6)12/h3-5,8H,2H2,1H3,(H,14,15)(H,16,17). The maximum Gasteiger partial charge on any atom is 0.326 e. The Balaban J connectivity index is 2.90. The molecule has 92 valence electrons. The molecule has 2 N–H and O–H groups in total. The first-order chi connectivity index (χ1) is 7.97. The minimum absolute atomic E-state index is 0.0257. The predicted molar refractivity (Wildman–Crippen MR) is 63.3 cm³/mol. The van der Waals surface area contributed by atoms with Crippen LogP contribution in [0.3, 0.4) is 0 Å². The molecule has 0 heterocycles. The number of carbonyl (C=O) groups excluding carboxylic acids is 1. The number of benzene rings is 1. The van der Waals surface area contributed by atoms with E-state index in [-0.39, 0.29) is 16.5 Å². The van der Waals surface area contributed by atoms with Crippen LogP contribution in [0.4, 0.5) is 4.39 Å². The Morgan fingerprint density at radius 1 is 1.53 bits per heavy atom. The van der Waals surface area contributed by atoms with Crippen LogP contribution in [0.1, 0.15) is 23.7 Å². The first kappa shape index (κ1) is 13.6. The lowest BCUT2D eigenvalue weighted by Gasteiger charge is -2.13.